The van der Waals surface area contributed by atoms with E-state index in [1.54, 1.807) is 30.3 Å². The van der Waals surface area contributed by atoms with E-state index >= 15 is 0 Å². The molecule has 114 valence electrons. The van der Waals surface area contributed by atoms with E-state index in [1.165, 1.54) is 24.3 Å². The summed E-state index contributed by atoms with van der Waals surface area (Å²) in [5.74, 6) is -0.892. The minimum Gasteiger partial charge on any atom is -0.508 e. The number of carbonyl (C=O) groups excluding carboxylic acids is 1. The third-order valence-corrected chi connectivity index (χ3v) is 3.27. The van der Waals surface area contributed by atoms with Crippen molar-refractivity contribution in [1.82, 2.24) is 0 Å². The Kier molecular flexibility index (Phi) is 3.68. The average molecular weight is 308 g/mol. The number of benzene rings is 2. The van der Waals surface area contributed by atoms with Crippen LogP contribution in [-0.2, 0) is 0 Å². The number of hydrogen-bond acceptors (Lipinski definition) is 5. The van der Waals surface area contributed by atoms with Gasteiger partial charge >= 0.3 is 11.6 Å². The number of phenols is 1. The first-order valence-corrected chi connectivity index (χ1v) is 6.78. The Labute approximate surface area is 131 Å². The molecule has 0 unspecified atom stereocenters. The molecule has 3 aromatic rings. The molecule has 0 saturated heterocycles. The predicted molar refractivity (Wildman–Crippen MR) is 85.6 cm³/mol. The Morgan fingerprint density at radius 3 is 2.57 bits per heavy atom. The first kappa shape index (κ1) is 14.6. The number of fused-ring (bicyclic) bond motifs is 1. The van der Waals surface area contributed by atoms with Crippen LogP contribution in [-0.4, -0.2) is 11.1 Å². The fourth-order valence-electron chi connectivity index (χ4n) is 2.08. The summed E-state index contributed by atoms with van der Waals surface area (Å²) in [4.78, 5) is 24.0. The number of carbonyl (C=O) groups is 1. The summed E-state index contributed by atoms with van der Waals surface area (Å²) >= 11 is 0. The monoisotopic (exact) mass is 308 g/mol. The van der Waals surface area contributed by atoms with E-state index in [-0.39, 0.29) is 11.5 Å². The zero-order valence-corrected chi connectivity index (χ0v) is 12.0. The maximum absolute atomic E-state index is 12.1. The molecule has 0 aliphatic heterocycles. The highest BCUT2D eigenvalue weighted by Crippen LogP contribution is 2.22. The molecular formula is C18H12O5. The molecule has 3 rings (SSSR count). The van der Waals surface area contributed by atoms with Crippen molar-refractivity contribution in [1.29, 1.82) is 0 Å². The van der Waals surface area contributed by atoms with Crippen LogP contribution in [0.2, 0.25) is 0 Å². The molecule has 5 heteroatoms. The number of esters is 1. The maximum atomic E-state index is 12.1. The quantitative estimate of drug-likeness (QED) is 0.593. The number of rotatable bonds is 3. The summed E-state index contributed by atoms with van der Waals surface area (Å²) in [6.07, 6.45) is 1.65. The molecule has 2 aromatic carbocycles. The zero-order chi connectivity index (χ0) is 16.4. The number of phenolic OH excluding ortho intramolecular Hbond substituents is 1. The molecule has 0 spiro atoms. The first-order chi connectivity index (χ1) is 11.1. The van der Waals surface area contributed by atoms with Crippen LogP contribution in [0, 0.1) is 0 Å². The molecule has 0 aliphatic carbocycles. The number of aromatic hydroxyl groups is 1. The molecule has 0 aliphatic rings. The Bertz CT molecular complexity index is 951. The topological polar surface area (TPSA) is 76.7 Å². The minimum absolute atomic E-state index is 0.0173. The molecule has 0 fully saturated rings. The second-order valence-corrected chi connectivity index (χ2v) is 4.84. The van der Waals surface area contributed by atoms with Crippen LogP contribution in [0.5, 0.6) is 11.5 Å². The Hall–Kier alpha value is -3.34. The van der Waals surface area contributed by atoms with Gasteiger partial charge in [-0.2, -0.15) is 0 Å². The van der Waals surface area contributed by atoms with E-state index in [0.29, 0.717) is 16.5 Å². The van der Waals surface area contributed by atoms with Crippen molar-refractivity contribution < 1.29 is 19.1 Å². The molecule has 0 atom stereocenters. The summed E-state index contributed by atoms with van der Waals surface area (Å²) < 4.78 is 10.2. The average Bonchev–Trinajstić information content (AvgIpc) is 2.56. The minimum atomic E-state index is -0.765. The summed E-state index contributed by atoms with van der Waals surface area (Å²) in [6.45, 7) is 3.63. The number of ether oxygens (including phenoxy) is 1. The van der Waals surface area contributed by atoms with E-state index < -0.39 is 11.6 Å². The van der Waals surface area contributed by atoms with Gasteiger partial charge in [-0.1, -0.05) is 24.8 Å². The lowest BCUT2D eigenvalue weighted by atomic mass is 10.1. The van der Waals surface area contributed by atoms with Gasteiger partial charge in [-0.05, 0) is 42.0 Å². The van der Waals surface area contributed by atoms with Gasteiger partial charge in [0.1, 0.15) is 11.3 Å². The molecule has 1 aromatic heterocycles. The summed E-state index contributed by atoms with van der Waals surface area (Å²) in [6, 6.07) is 12.2. The highest BCUT2D eigenvalue weighted by Gasteiger charge is 2.13. The van der Waals surface area contributed by atoms with Crippen molar-refractivity contribution in [2.45, 2.75) is 0 Å². The standard InChI is InChI=1S/C18H12O5/c1-2-11-3-5-12(6-4-11)17(20)23-16-10-13-9-14(19)7-8-15(13)22-18(16)21/h2-10,19H,1H2. The fourth-order valence-corrected chi connectivity index (χ4v) is 2.08. The van der Waals surface area contributed by atoms with Gasteiger partial charge < -0.3 is 14.3 Å². The highest BCUT2D eigenvalue weighted by atomic mass is 16.5. The first-order valence-electron chi connectivity index (χ1n) is 6.78. The van der Waals surface area contributed by atoms with E-state index in [1.807, 2.05) is 0 Å². The zero-order valence-electron chi connectivity index (χ0n) is 12.0. The summed E-state index contributed by atoms with van der Waals surface area (Å²) in [5, 5.41) is 9.92. The lowest BCUT2D eigenvalue weighted by Crippen LogP contribution is -2.14. The molecule has 23 heavy (non-hydrogen) atoms. The lowest BCUT2D eigenvalue weighted by Gasteiger charge is -2.05. The van der Waals surface area contributed by atoms with Crippen molar-refractivity contribution in [3.8, 4) is 11.5 Å². The van der Waals surface area contributed by atoms with Crippen LogP contribution < -0.4 is 10.4 Å². The van der Waals surface area contributed by atoms with Gasteiger partial charge in [0.25, 0.3) is 0 Å². The van der Waals surface area contributed by atoms with E-state index in [9.17, 15) is 14.7 Å². The second kappa shape index (κ2) is 5.81. The van der Waals surface area contributed by atoms with Crippen molar-refractivity contribution >= 4 is 23.0 Å². The smallest absolute Gasteiger partial charge is 0.379 e. The van der Waals surface area contributed by atoms with Gasteiger partial charge in [-0.15, -0.1) is 0 Å². The normalized spacial score (nSPS) is 10.4. The van der Waals surface area contributed by atoms with Crippen LogP contribution in [0.25, 0.3) is 17.0 Å². The Morgan fingerprint density at radius 1 is 1.13 bits per heavy atom. The third-order valence-electron chi connectivity index (χ3n) is 3.27. The van der Waals surface area contributed by atoms with Crippen molar-refractivity contribution in [3.63, 3.8) is 0 Å². The Morgan fingerprint density at radius 2 is 1.87 bits per heavy atom. The third kappa shape index (κ3) is 2.98. The summed E-state index contributed by atoms with van der Waals surface area (Å²) in [5.41, 5.74) is 0.690. The van der Waals surface area contributed by atoms with Crippen molar-refractivity contribution in [2.24, 2.45) is 0 Å². The summed E-state index contributed by atoms with van der Waals surface area (Å²) in [7, 11) is 0. The maximum Gasteiger partial charge on any atom is 0.379 e. The van der Waals surface area contributed by atoms with Gasteiger partial charge in [0, 0.05) is 5.39 Å². The Balaban J connectivity index is 1.93. The SMILES string of the molecule is C=Cc1ccc(C(=O)Oc2cc3cc(O)ccc3oc2=O)cc1. The van der Waals surface area contributed by atoms with Crippen molar-refractivity contribution in [2.75, 3.05) is 0 Å². The molecule has 0 radical (unpaired) electrons. The van der Waals surface area contributed by atoms with Gasteiger partial charge in [0.2, 0.25) is 5.75 Å². The molecular weight excluding hydrogens is 296 g/mol. The second-order valence-electron chi connectivity index (χ2n) is 4.84. The molecule has 0 amide bonds. The molecule has 1 N–H and O–H groups in total. The van der Waals surface area contributed by atoms with Gasteiger partial charge in [-0.3, -0.25) is 0 Å². The molecule has 0 saturated carbocycles. The van der Waals surface area contributed by atoms with E-state index in [4.69, 9.17) is 9.15 Å². The van der Waals surface area contributed by atoms with Crippen molar-refractivity contribution in [3.05, 3.63) is 76.7 Å². The largest absolute Gasteiger partial charge is 0.508 e. The van der Waals surface area contributed by atoms with Gasteiger partial charge in [-0.25, -0.2) is 9.59 Å². The van der Waals surface area contributed by atoms with E-state index in [2.05, 4.69) is 6.58 Å². The molecule has 0 bridgehead atoms. The van der Waals surface area contributed by atoms with Crippen LogP contribution in [0.1, 0.15) is 15.9 Å². The van der Waals surface area contributed by atoms with Gasteiger partial charge in [0.15, 0.2) is 0 Å². The van der Waals surface area contributed by atoms with Crippen LogP contribution in [0.3, 0.4) is 0 Å². The predicted octanol–water partition coefficient (Wildman–Crippen LogP) is 3.36. The lowest BCUT2D eigenvalue weighted by molar-refractivity contribution is 0.0729. The molecule has 1 heterocycles. The number of hydrogen-bond donors (Lipinski definition) is 1. The van der Waals surface area contributed by atoms with Gasteiger partial charge in [0.05, 0.1) is 5.56 Å². The van der Waals surface area contributed by atoms with Crippen LogP contribution >= 0.6 is 0 Å². The highest BCUT2D eigenvalue weighted by molar-refractivity contribution is 5.91. The molecule has 5 nitrogen and oxygen atoms in total. The van der Waals surface area contributed by atoms with Crippen LogP contribution in [0.4, 0.5) is 0 Å². The fraction of sp³-hybridized carbons (Fsp3) is 0. The van der Waals surface area contributed by atoms with E-state index in [0.717, 1.165) is 5.56 Å². The van der Waals surface area contributed by atoms with Crippen LogP contribution in [0.15, 0.2) is 64.3 Å².